The Kier molecular flexibility index (Phi) is 16.0. The summed E-state index contributed by atoms with van der Waals surface area (Å²) >= 11 is 0. The third-order valence-electron chi connectivity index (χ3n) is 23.2. The molecule has 0 radical (unpaired) electrons. The lowest BCUT2D eigenvalue weighted by molar-refractivity contribution is 0.793. The minimum atomic E-state index is -0.545. The molecule has 0 saturated heterocycles. The van der Waals surface area contributed by atoms with E-state index in [9.17, 15) is 5.26 Å². The number of rotatable bonds is 10. The zero-order valence-electron chi connectivity index (χ0n) is 61.5. The van der Waals surface area contributed by atoms with Crippen LogP contribution in [0, 0.1) is 17.9 Å². The molecular weight excluding hydrogens is 1390 g/mol. The van der Waals surface area contributed by atoms with E-state index in [-0.39, 0.29) is 0 Å². The first-order chi connectivity index (χ1) is 56.4. The molecule has 0 fully saturated rings. The van der Waals surface area contributed by atoms with Crippen molar-refractivity contribution >= 4 is 5.69 Å². The van der Waals surface area contributed by atoms with E-state index in [0.717, 1.165) is 83.5 Å². The molecule has 16 aromatic carbocycles. The van der Waals surface area contributed by atoms with Gasteiger partial charge in [0, 0.05) is 33.4 Å². The van der Waals surface area contributed by atoms with Crippen molar-refractivity contribution in [3.05, 3.63) is 450 Å². The standard InChI is InChI=1S/C59H36N4.C47H28N4/c60-37-38-19-33-50-51-34-32-47(36-55(51)59(54(50)35-38)52-17-9-7-15-48(52)49-16-8-10-18-53(49)59)43-24-30-46(31-25-43)58-62-56(44-26-20-41(21-27-44)39-11-3-1-4-12-39)61-57(63-58)45-28-22-42(23-29-45)40-13-5-2-6-14-40;1-48-35-25-26-38-39-28-34(24-27-42(39)47(43(38)29-35)40-18-10-8-16-36(40)37-17-9-11-19-41(37)47)30-20-22-33(23-21-30)46-50-44(31-12-4-2-5-13-31)49-45(51-46)32-14-6-3-7-15-32/h1-36H;2-29H. The second-order valence-corrected chi connectivity index (χ2v) is 29.3. The van der Waals surface area contributed by atoms with Crippen LogP contribution in [0.1, 0.15) is 50.1 Å². The Hall–Kier alpha value is -15.5. The largest absolute Gasteiger partial charge is 0.238 e. The Labute approximate surface area is 660 Å². The normalized spacial score (nSPS) is 12.7. The number of benzene rings is 16. The van der Waals surface area contributed by atoms with Crippen molar-refractivity contribution in [3.8, 4) is 163 Å². The van der Waals surface area contributed by atoms with Gasteiger partial charge in [0.2, 0.25) is 0 Å². The van der Waals surface area contributed by atoms with Gasteiger partial charge in [-0.1, -0.05) is 364 Å². The molecule has 528 valence electrons. The summed E-state index contributed by atoms with van der Waals surface area (Å²) in [5.41, 5.74) is 34.5. The summed E-state index contributed by atoms with van der Waals surface area (Å²) < 4.78 is 0. The van der Waals surface area contributed by atoms with Crippen molar-refractivity contribution < 1.29 is 0 Å². The van der Waals surface area contributed by atoms with Crippen molar-refractivity contribution in [1.29, 1.82) is 5.26 Å². The van der Waals surface area contributed by atoms with Gasteiger partial charge >= 0.3 is 0 Å². The molecule has 0 aliphatic heterocycles. The second kappa shape index (κ2) is 27.3. The van der Waals surface area contributed by atoms with Gasteiger partial charge in [-0.15, -0.1) is 0 Å². The third kappa shape index (κ3) is 10.9. The summed E-state index contributed by atoms with van der Waals surface area (Å²) in [5, 5.41) is 10.1. The monoisotopic (exact) mass is 1450 g/mol. The first-order valence-corrected chi connectivity index (χ1v) is 38.3. The first kappa shape index (κ1) is 66.7. The van der Waals surface area contributed by atoms with E-state index in [0.29, 0.717) is 46.2 Å². The Morgan fingerprint density at radius 2 is 0.447 bits per heavy atom. The molecule has 4 aliphatic rings. The van der Waals surface area contributed by atoms with Crippen LogP contribution in [0.15, 0.2) is 388 Å². The molecular formula is C106H64N8. The Morgan fingerprint density at radius 1 is 0.202 bits per heavy atom. The Balaban J connectivity index is 0.000000146. The summed E-state index contributed by atoms with van der Waals surface area (Å²) in [6, 6.07) is 138. The molecule has 2 aromatic heterocycles. The molecule has 114 heavy (non-hydrogen) atoms. The molecule has 8 heteroatoms. The Morgan fingerprint density at radius 3 is 0.833 bits per heavy atom. The number of nitriles is 1. The van der Waals surface area contributed by atoms with Gasteiger partial charge in [-0.25, -0.2) is 34.7 Å². The van der Waals surface area contributed by atoms with Crippen LogP contribution in [0.5, 0.6) is 0 Å². The average molecular weight is 1450 g/mol. The third-order valence-corrected chi connectivity index (χ3v) is 23.2. The highest BCUT2D eigenvalue weighted by Gasteiger charge is 2.53. The highest BCUT2D eigenvalue weighted by molar-refractivity contribution is 5.99. The second-order valence-electron chi connectivity index (χ2n) is 29.3. The van der Waals surface area contributed by atoms with Crippen molar-refractivity contribution in [2.75, 3.05) is 0 Å². The maximum atomic E-state index is 10.1. The molecule has 8 nitrogen and oxygen atoms in total. The van der Waals surface area contributed by atoms with Crippen LogP contribution in [0.2, 0.25) is 0 Å². The summed E-state index contributed by atoms with van der Waals surface area (Å²) in [7, 11) is 0. The number of fused-ring (bicyclic) bond motifs is 20. The number of hydrogen-bond acceptors (Lipinski definition) is 7. The summed E-state index contributed by atoms with van der Waals surface area (Å²) in [6.45, 7) is 7.87. The van der Waals surface area contributed by atoms with Crippen molar-refractivity contribution in [1.82, 2.24) is 29.9 Å². The smallest absolute Gasteiger partial charge is 0.187 e. The van der Waals surface area contributed by atoms with Crippen LogP contribution in [0.25, 0.3) is 162 Å². The van der Waals surface area contributed by atoms with Gasteiger partial charge in [0.05, 0.1) is 29.0 Å². The highest BCUT2D eigenvalue weighted by Crippen LogP contribution is 2.65. The van der Waals surface area contributed by atoms with Crippen LogP contribution in [0.4, 0.5) is 5.69 Å². The molecule has 0 atom stereocenters. The zero-order chi connectivity index (χ0) is 75.9. The van der Waals surface area contributed by atoms with E-state index in [1.165, 1.54) is 83.5 Å². The minimum absolute atomic E-state index is 0.480. The number of aromatic nitrogens is 6. The molecule has 0 unspecified atom stereocenters. The van der Waals surface area contributed by atoms with Gasteiger partial charge in [0.1, 0.15) is 0 Å². The van der Waals surface area contributed by atoms with E-state index in [4.69, 9.17) is 36.5 Å². The molecule has 2 heterocycles. The van der Waals surface area contributed by atoms with Crippen molar-refractivity contribution in [2.24, 2.45) is 0 Å². The van der Waals surface area contributed by atoms with Crippen LogP contribution < -0.4 is 0 Å². The summed E-state index contributed by atoms with van der Waals surface area (Å²) in [5.74, 6) is 3.76. The van der Waals surface area contributed by atoms with E-state index >= 15 is 0 Å². The fraction of sp³-hybridized carbons (Fsp3) is 0.0189. The molecule has 0 saturated carbocycles. The first-order valence-electron chi connectivity index (χ1n) is 38.3. The highest BCUT2D eigenvalue weighted by atomic mass is 15.0. The van der Waals surface area contributed by atoms with Gasteiger partial charge in [-0.2, -0.15) is 5.26 Å². The number of hydrogen-bond donors (Lipinski definition) is 0. The van der Waals surface area contributed by atoms with Crippen LogP contribution in [-0.2, 0) is 10.8 Å². The summed E-state index contributed by atoms with van der Waals surface area (Å²) in [6.07, 6.45) is 0. The minimum Gasteiger partial charge on any atom is -0.238 e. The molecule has 18 aromatic rings. The SMILES string of the molecule is N#Cc1ccc2c(c1)C1(c3ccccc3-c3ccccc31)c1cc(-c3ccc(-c4nc(-c5ccc(-c6ccccc6)cc5)nc(-c5ccc(-c6ccccc6)cc5)n4)cc3)ccc1-2.[C-]#[N+]c1ccc2c(c1)C1(c3ccccc3-c3ccccc31)c1ccc(-c3ccc(-c4nc(-c5ccccc5)nc(-c5ccccc5)n4)cc3)cc1-2. The average Bonchev–Trinajstić information content (AvgIpc) is 1.52. The van der Waals surface area contributed by atoms with Gasteiger partial charge in [0.25, 0.3) is 0 Å². The Bertz CT molecular complexity index is 6700. The maximum Gasteiger partial charge on any atom is 0.187 e. The van der Waals surface area contributed by atoms with Crippen molar-refractivity contribution in [3.63, 3.8) is 0 Å². The van der Waals surface area contributed by atoms with E-state index in [1.54, 1.807) is 0 Å². The predicted molar refractivity (Wildman–Crippen MR) is 458 cm³/mol. The fourth-order valence-corrected chi connectivity index (χ4v) is 18.0. The van der Waals surface area contributed by atoms with E-state index in [2.05, 4.69) is 314 Å². The van der Waals surface area contributed by atoms with Gasteiger partial charge < -0.3 is 0 Å². The van der Waals surface area contributed by atoms with Crippen molar-refractivity contribution in [2.45, 2.75) is 10.8 Å². The molecule has 4 aliphatic carbocycles. The lowest BCUT2D eigenvalue weighted by Crippen LogP contribution is -2.26. The van der Waals surface area contributed by atoms with Crippen LogP contribution >= 0.6 is 0 Å². The zero-order valence-corrected chi connectivity index (χ0v) is 61.5. The van der Waals surface area contributed by atoms with E-state index in [1.807, 2.05) is 84.9 Å². The maximum absolute atomic E-state index is 10.1. The molecule has 0 bridgehead atoms. The van der Waals surface area contributed by atoms with Crippen LogP contribution in [0.3, 0.4) is 0 Å². The lowest BCUT2D eigenvalue weighted by Gasteiger charge is -2.30. The molecule has 0 amide bonds. The van der Waals surface area contributed by atoms with Gasteiger partial charge in [0.15, 0.2) is 40.6 Å². The van der Waals surface area contributed by atoms with Gasteiger partial charge in [-0.3, -0.25) is 0 Å². The van der Waals surface area contributed by atoms with Crippen LogP contribution in [-0.4, -0.2) is 29.9 Å². The summed E-state index contributed by atoms with van der Waals surface area (Å²) in [4.78, 5) is 33.8. The number of nitrogens with zero attached hydrogens (tertiary/aromatic N) is 8. The molecule has 22 rings (SSSR count). The van der Waals surface area contributed by atoms with Gasteiger partial charge in [-0.05, 0) is 158 Å². The predicted octanol–water partition coefficient (Wildman–Crippen LogP) is 25.5. The quantitative estimate of drug-likeness (QED) is 0.126. The fourth-order valence-electron chi connectivity index (χ4n) is 18.0. The topological polar surface area (TPSA) is 105 Å². The molecule has 2 spiro atoms. The molecule has 0 N–H and O–H groups in total. The van der Waals surface area contributed by atoms with E-state index < -0.39 is 10.8 Å². The lowest BCUT2D eigenvalue weighted by atomic mass is 9.70.